The zero-order valence-corrected chi connectivity index (χ0v) is 9.10. The number of carbonyl (C=O) groups excluding carboxylic acids is 1. The fraction of sp³-hybridized carbons (Fsp3) is 0.500. The van der Waals surface area contributed by atoms with Crippen LogP contribution in [0.3, 0.4) is 0 Å². The Morgan fingerprint density at radius 3 is 2.81 bits per heavy atom. The van der Waals surface area contributed by atoms with Gasteiger partial charge in [-0.2, -0.15) is 0 Å². The number of rotatable bonds is 4. The molecule has 0 aromatic carbocycles. The fourth-order valence-electron chi connectivity index (χ4n) is 1.25. The molecule has 1 aromatic rings. The summed E-state index contributed by atoms with van der Waals surface area (Å²) in [5.41, 5.74) is 5.41. The average molecular weight is 221 g/mol. The minimum absolute atomic E-state index is 0.0128. The second-order valence-electron chi connectivity index (χ2n) is 3.98. The van der Waals surface area contributed by atoms with Crippen LogP contribution in [0.4, 0.5) is 11.6 Å². The molecule has 4 N–H and O–H groups in total. The summed E-state index contributed by atoms with van der Waals surface area (Å²) in [7, 11) is 0. The van der Waals surface area contributed by atoms with E-state index in [4.69, 9.17) is 5.73 Å². The Bertz CT molecular complexity index is 373. The number of nitrogens with zero attached hydrogens (tertiary/aromatic N) is 2. The van der Waals surface area contributed by atoms with Crippen molar-refractivity contribution >= 4 is 17.5 Å². The van der Waals surface area contributed by atoms with E-state index in [0.29, 0.717) is 17.7 Å². The summed E-state index contributed by atoms with van der Waals surface area (Å²) in [4.78, 5) is 19.5. The lowest BCUT2D eigenvalue weighted by Gasteiger charge is -2.13. The van der Waals surface area contributed by atoms with Gasteiger partial charge >= 0.3 is 0 Å². The molecule has 86 valence electrons. The molecule has 1 amide bonds. The Kier molecular flexibility index (Phi) is 2.89. The van der Waals surface area contributed by atoms with Gasteiger partial charge in [0.15, 0.2) is 0 Å². The van der Waals surface area contributed by atoms with Crippen LogP contribution in [0.25, 0.3) is 0 Å². The maximum atomic E-state index is 11.6. The molecule has 1 aliphatic rings. The van der Waals surface area contributed by atoms with Crippen LogP contribution in [0.5, 0.6) is 0 Å². The molecule has 16 heavy (non-hydrogen) atoms. The first-order valence-corrected chi connectivity index (χ1v) is 5.29. The first-order chi connectivity index (χ1) is 7.65. The standard InChI is InChI=1S/C10H15N5O/c1-6(10(16)15-7-2-3-7)14-9-5-12-8(11)4-13-9/h4-7H,2-3H2,1H3,(H2,11,12)(H,13,14)(H,15,16). The molecular weight excluding hydrogens is 206 g/mol. The number of hydrogen-bond donors (Lipinski definition) is 3. The van der Waals surface area contributed by atoms with Crippen LogP contribution < -0.4 is 16.4 Å². The first-order valence-electron chi connectivity index (χ1n) is 5.29. The SMILES string of the molecule is CC(Nc1cnc(N)cn1)C(=O)NC1CC1. The zero-order chi connectivity index (χ0) is 11.5. The van der Waals surface area contributed by atoms with E-state index < -0.39 is 0 Å². The lowest BCUT2D eigenvalue weighted by atomic mass is 10.3. The van der Waals surface area contributed by atoms with Crippen LogP contribution in [0, 0.1) is 0 Å². The van der Waals surface area contributed by atoms with Crippen LogP contribution in [0.2, 0.25) is 0 Å². The van der Waals surface area contributed by atoms with E-state index in [1.807, 2.05) is 0 Å². The van der Waals surface area contributed by atoms with Gasteiger partial charge < -0.3 is 16.4 Å². The number of nitrogen functional groups attached to an aromatic ring is 1. The second kappa shape index (κ2) is 4.34. The van der Waals surface area contributed by atoms with Crippen molar-refractivity contribution in [2.75, 3.05) is 11.1 Å². The molecule has 1 heterocycles. The van der Waals surface area contributed by atoms with Crippen molar-refractivity contribution in [3.8, 4) is 0 Å². The van der Waals surface area contributed by atoms with E-state index in [-0.39, 0.29) is 11.9 Å². The van der Waals surface area contributed by atoms with E-state index in [1.54, 1.807) is 6.92 Å². The van der Waals surface area contributed by atoms with Gasteiger partial charge in [0.25, 0.3) is 0 Å². The molecule has 1 atom stereocenters. The molecule has 6 nitrogen and oxygen atoms in total. The van der Waals surface area contributed by atoms with E-state index in [0.717, 1.165) is 12.8 Å². The maximum absolute atomic E-state index is 11.6. The molecule has 1 unspecified atom stereocenters. The number of hydrogen-bond acceptors (Lipinski definition) is 5. The molecule has 0 bridgehead atoms. The molecule has 1 fully saturated rings. The first kappa shape index (κ1) is 10.7. The third kappa shape index (κ3) is 2.82. The van der Waals surface area contributed by atoms with Crippen molar-refractivity contribution in [3.05, 3.63) is 12.4 Å². The van der Waals surface area contributed by atoms with Crippen LogP contribution in [-0.4, -0.2) is 28.0 Å². The van der Waals surface area contributed by atoms with E-state index in [9.17, 15) is 4.79 Å². The largest absolute Gasteiger partial charge is 0.382 e. The van der Waals surface area contributed by atoms with Crippen LogP contribution in [0.15, 0.2) is 12.4 Å². The summed E-state index contributed by atoms with van der Waals surface area (Å²) in [6.07, 6.45) is 5.13. The smallest absolute Gasteiger partial charge is 0.242 e. The van der Waals surface area contributed by atoms with Gasteiger partial charge in [-0.05, 0) is 19.8 Å². The van der Waals surface area contributed by atoms with Crippen molar-refractivity contribution < 1.29 is 4.79 Å². The summed E-state index contributed by atoms with van der Waals surface area (Å²) in [6.45, 7) is 1.79. The molecule has 0 radical (unpaired) electrons. The number of nitrogens with two attached hydrogens (primary N) is 1. The minimum Gasteiger partial charge on any atom is -0.382 e. The fourth-order valence-corrected chi connectivity index (χ4v) is 1.25. The highest BCUT2D eigenvalue weighted by Gasteiger charge is 2.25. The minimum atomic E-state index is -0.321. The van der Waals surface area contributed by atoms with Crippen molar-refractivity contribution in [3.63, 3.8) is 0 Å². The van der Waals surface area contributed by atoms with Gasteiger partial charge in [-0.15, -0.1) is 0 Å². The summed E-state index contributed by atoms with van der Waals surface area (Å²) in [5, 5.41) is 5.87. The number of carbonyl (C=O) groups is 1. The summed E-state index contributed by atoms with van der Waals surface area (Å²) in [5.74, 6) is 0.898. The summed E-state index contributed by atoms with van der Waals surface area (Å²) >= 11 is 0. The van der Waals surface area contributed by atoms with Crippen molar-refractivity contribution in [2.45, 2.75) is 31.8 Å². The Morgan fingerprint density at radius 2 is 2.25 bits per heavy atom. The third-order valence-corrected chi connectivity index (χ3v) is 2.35. The highest BCUT2D eigenvalue weighted by atomic mass is 16.2. The Balaban J connectivity index is 1.87. The number of amides is 1. The Morgan fingerprint density at radius 1 is 1.50 bits per heavy atom. The third-order valence-electron chi connectivity index (χ3n) is 2.35. The van der Waals surface area contributed by atoms with Crippen LogP contribution in [0.1, 0.15) is 19.8 Å². The predicted molar refractivity (Wildman–Crippen MR) is 60.7 cm³/mol. The van der Waals surface area contributed by atoms with Gasteiger partial charge in [0.05, 0.1) is 12.4 Å². The molecular formula is C10H15N5O. The molecule has 0 aliphatic heterocycles. The van der Waals surface area contributed by atoms with Gasteiger partial charge in [-0.3, -0.25) is 4.79 Å². The average Bonchev–Trinajstić information content (AvgIpc) is 3.05. The normalized spacial score (nSPS) is 16.6. The van der Waals surface area contributed by atoms with Crippen LogP contribution >= 0.6 is 0 Å². The molecule has 1 saturated carbocycles. The van der Waals surface area contributed by atoms with Crippen molar-refractivity contribution in [2.24, 2.45) is 0 Å². The Hall–Kier alpha value is -1.85. The molecule has 0 saturated heterocycles. The van der Waals surface area contributed by atoms with Gasteiger partial charge in [-0.1, -0.05) is 0 Å². The molecule has 1 aliphatic carbocycles. The van der Waals surface area contributed by atoms with Gasteiger partial charge in [-0.25, -0.2) is 9.97 Å². The highest BCUT2D eigenvalue weighted by molar-refractivity contribution is 5.84. The second-order valence-corrected chi connectivity index (χ2v) is 3.98. The zero-order valence-electron chi connectivity index (χ0n) is 9.10. The number of aromatic nitrogens is 2. The maximum Gasteiger partial charge on any atom is 0.242 e. The van der Waals surface area contributed by atoms with E-state index in [1.165, 1.54) is 12.4 Å². The monoisotopic (exact) mass is 221 g/mol. The van der Waals surface area contributed by atoms with Gasteiger partial charge in [0.1, 0.15) is 17.7 Å². The van der Waals surface area contributed by atoms with E-state index >= 15 is 0 Å². The van der Waals surface area contributed by atoms with Gasteiger partial charge in [0.2, 0.25) is 5.91 Å². The quantitative estimate of drug-likeness (QED) is 0.672. The van der Waals surface area contributed by atoms with Crippen molar-refractivity contribution in [1.82, 2.24) is 15.3 Å². The lowest BCUT2D eigenvalue weighted by Crippen LogP contribution is -2.38. The number of nitrogens with one attached hydrogen (secondary N) is 2. The molecule has 6 heteroatoms. The molecule has 2 rings (SSSR count). The Labute approximate surface area is 93.7 Å². The summed E-state index contributed by atoms with van der Waals surface area (Å²) < 4.78 is 0. The topological polar surface area (TPSA) is 92.9 Å². The highest BCUT2D eigenvalue weighted by Crippen LogP contribution is 2.18. The molecule has 1 aromatic heterocycles. The molecule has 0 spiro atoms. The lowest BCUT2D eigenvalue weighted by molar-refractivity contribution is -0.121. The number of anilines is 2. The van der Waals surface area contributed by atoms with Crippen molar-refractivity contribution in [1.29, 1.82) is 0 Å². The van der Waals surface area contributed by atoms with E-state index in [2.05, 4.69) is 20.6 Å². The van der Waals surface area contributed by atoms with Crippen LogP contribution in [-0.2, 0) is 4.79 Å². The summed E-state index contributed by atoms with van der Waals surface area (Å²) in [6, 6.07) is 0.0489. The van der Waals surface area contributed by atoms with Gasteiger partial charge in [0, 0.05) is 6.04 Å². The predicted octanol–water partition coefficient (Wildman–Crippen LogP) is 0.138.